The summed E-state index contributed by atoms with van der Waals surface area (Å²) in [4.78, 5) is 0. The minimum Gasteiger partial charge on any atom is -0.878 e. The van der Waals surface area contributed by atoms with E-state index in [4.69, 9.17) is 0 Å². The zero-order valence-corrected chi connectivity index (χ0v) is 7.40. The third-order valence-electron chi connectivity index (χ3n) is 1.63. The second-order valence-electron chi connectivity index (χ2n) is 2.78. The van der Waals surface area contributed by atoms with Crippen LogP contribution in [-0.4, -0.2) is 11.3 Å². The van der Waals surface area contributed by atoms with Crippen LogP contribution in [0.4, 0.5) is 5.69 Å². The van der Waals surface area contributed by atoms with Crippen LogP contribution < -0.4 is 10.4 Å². The summed E-state index contributed by atoms with van der Waals surface area (Å²) in [6.45, 7) is 1.98. The highest BCUT2D eigenvalue weighted by Gasteiger charge is 1.96. The summed E-state index contributed by atoms with van der Waals surface area (Å²) in [5.74, 6) is 0. The standard InChI is InChI=1S/C10H13NO2/c1-8-2-4-9(5-3-8)11-10(13)6-7-12/h2-7,10-13H,1H3/p-1. The van der Waals surface area contributed by atoms with Gasteiger partial charge in [-0.15, -0.1) is 6.26 Å². The van der Waals surface area contributed by atoms with Gasteiger partial charge in [-0.25, -0.2) is 0 Å². The Bertz CT molecular complexity index is 279. The van der Waals surface area contributed by atoms with Crippen molar-refractivity contribution < 1.29 is 10.2 Å². The molecule has 0 heterocycles. The highest BCUT2D eigenvalue weighted by Crippen LogP contribution is 2.09. The van der Waals surface area contributed by atoms with Gasteiger partial charge in [0.05, 0.1) is 0 Å². The summed E-state index contributed by atoms with van der Waals surface area (Å²) in [6, 6.07) is 7.54. The van der Waals surface area contributed by atoms with Crippen LogP contribution in [0, 0.1) is 6.92 Å². The predicted molar refractivity (Wildman–Crippen MR) is 49.9 cm³/mol. The lowest BCUT2D eigenvalue weighted by Gasteiger charge is -2.10. The lowest BCUT2D eigenvalue weighted by atomic mass is 10.2. The Morgan fingerprint density at radius 3 is 2.54 bits per heavy atom. The molecule has 1 rings (SSSR count). The third-order valence-corrected chi connectivity index (χ3v) is 1.63. The first-order chi connectivity index (χ1) is 6.22. The second-order valence-corrected chi connectivity index (χ2v) is 2.78. The molecule has 1 aromatic carbocycles. The normalized spacial score (nSPS) is 13.1. The summed E-state index contributed by atoms with van der Waals surface area (Å²) >= 11 is 0. The van der Waals surface area contributed by atoms with Crippen LogP contribution in [0.2, 0.25) is 0 Å². The summed E-state index contributed by atoms with van der Waals surface area (Å²) in [5.41, 5.74) is 1.94. The van der Waals surface area contributed by atoms with Gasteiger partial charge in [-0.3, -0.25) is 0 Å². The van der Waals surface area contributed by atoms with Gasteiger partial charge in [0.1, 0.15) is 6.23 Å². The molecule has 0 amide bonds. The van der Waals surface area contributed by atoms with Crippen molar-refractivity contribution in [3.63, 3.8) is 0 Å². The van der Waals surface area contributed by atoms with Crippen LogP contribution in [-0.2, 0) is 0 Å². The van der Waals surface area contributed by atoms with Gasteiger partial charge in [0.2, 0.25) is 0 Å². The van der Waals surface area contributed by atoms with E-state index in [-0.39, 0.29) is 0 Å². The number of benzene rings is 1. The maximum Gasteiger partial charge on any atom is 0.142 e. The van der Waals surface area contributed by atoms with Gasteiger partial charge in [0.15, 0.2) is 0 Å². The smallest absolute Gasteiger partial charge is 0.142 e. The third kappa shape index (κ3) is 3.17. The van der Waals surface area contributed by atoms with Crippen LogP contribution in [0.3, 0.4) is 0 Å². The largest absolute Gasteiger partial charge is 0.878 e. The molecule has 0 saturated carbocycles. The van der Waals surface area contributed by atoms with E-state index in [1.165, 1.54) is 0 Å². The topological polar surface area (TPSA) is 55.3 Å². The van der Waals surface area contributed by atoms with Gasteiger partial charge < -0.3 is 15.5 Å². The maximum absolute atomic E-state index is 10.0. The first-order valence-electron chi connectivity index (χ1n) is 4.02. The van der Waals surface area contributed by atoms with E-state index in [2.05, 4.69) is 5.32 Å². The molecule has 0 radical (unpaired) electrons. The molecule has 0 spiro atoms. The van der Waals surface area contributed by atoms with Crippen molar-refractivity contribution in [2.75, 3.05) is 5.32 Å². The number of aliphatic hydroxyl groups excluding tert-OH is 1. The van der Waals surface area contributed by atoms with Gasteiger partial charge in [0, 0.05) is 5.69 Å². The molecule has 3 nitrogen and oxygen atoms in total. The Labute approximate surface area is 77.3 Å². The molecular formula is C10H12NO2-. The second kappa shape index (κ2) is 4.52. The van der Waals surface area contributed by atoms with Crippen LogP contribution in [0.1, 0.15) is 5.56 Å². The first kappa shape index (κ1) is 9.61. The molecule has 2 N–H and O–H groups in total. The average molecular weight is 178 g/mol. The van der Waals surface area contributed by atoms with Gasteiger partial charge in [0.25, 0.3) is 0 Å². The zero-order chi connectivity index (χ0) is 9.68. The molecule has 1 aromatic rings. The van der Waals surface area contributed by atoms with Crippen molar-refractivity contribution >= 4 is 5.69 Å². The fraction of sp³-hybridized carbons (Fsp3) is 0.200. The van der Waals surface area contributed by atoms with Crippen molar-refractivity contribution in [2.45, 2.75) is 13.2 Å². The predicted octanol–water partition coefficient (Wildman–Crippen LogP) is 0.599. The summed E-state index contributed by atoms with van der Waals surface area (Å²) < 4.78 is 0. The van der Waals surface area contributed by atoms with Crippen LogP contribution >= 0.6 is 0 Å². The molecule has 13 heavy (non-hydrogen) atoms. The average Bonchev–Trinajstić information content (AvgIpc) is 2.09. The van der Waals surface area contributed by atoms with E-state index >= 15 is 0 Å². The monoisotopic (exact) mass is 178 g/mol. The van der Waals surface area contributed by atoms with E-state index in [0.717, 1.165) is 17.3 Å². The lowest BCUT2D eigenvalue weighted by Crippen LogP contribution is -2.16. The summed E-state index contributed by atoms with van der Waals surface area (Å²) in [6.07, 6.45) is 0.784. The molecule has 0 fully saturated rings. The number of aliphatic hydroxyl groups is 1. The zero-order valence-electron chi connectivity index (χ0n) is 7.40. The van der Waals surface area contributed by atoms with Gasteiger partial charge in [-0.05, 0) is 19.1 Å². The highest BCUT2D eigenvalue weighted by molar-refractivity contribution is 5.45. The van der Waals surface area contributed by atoms with Gasteiger partial charge in [-0.1, -0.05) is 23.8 Å². The van der Waals surface area contributed by atoms with Gasteiger partial charge >= 0.3 is 0 Å². The van der Waals surface area contributed by atoms with Crippen LogP contribution in [0.5, 0.6) is 0 Å². The van der Waals surface area contributed by atoms with Crippen molar-refractivity contribution in [1.82, 2.24) is 0 Å². The van der Waals surface area contributed by atoms with E-state index in [1.54, 1.807) is 0 Å². The number of hydrogen-bond donors (Lipinski definition) is 2. The lowest BCUT2D eigenvalue weighted by molar-refractivity contribution is -0.275. The van der Waals surface area contributed by atoms with Crippen LogP contribution in [0.25, 0.3) is 0 Å². The highest BCUT2D eigenvalue weighted by atomic mass is 16.3. The molecule has 0 aliphatic carbocycles. The van der Waals surface area contributed by atoms with E-state index < -0.39 is 6.23 Å². The summed E-state index contributed by atoms with van der Waals surface area (Å²) in [5, 5.41) is 21.9. The molecule has 0 saturated heterocycles. The van der Waals surface area contributed by atoms with Gasteiger partial charge in [-0.2, -0.15) is 0 Å². The molecule has 70 valence electrons. The summed E-state index contributed by atoms with van der Waals surface area (Å²) in [7, 11) is 0. The number of rotatable bonds is 3. The number of aryl methyl sites for hydroxylation is 1. The number of hydrogen-bond acceptors (Lipinski definition) is 3. The molecule has 1 unspecified atom stereocenters. The fourth-order valence-electron chi connectivity index (χ4n) is 0.943. The molecule has 0 bridgehead atoms. The van der Waals surface area contributed by atoms with Crippen molar-refractivity contribution in [2.24, 2.45) is 0 Å². The van der Waals surface area contributed by atoms with Crippen molar-refractivity contribution in [3.05, 3.63) is 42.2 Å². The maximum atomic E-state index is 10.0. The quantitative estimate of drug-likeness (QED) is 0.526. The molecule has 0 aromatic heterocycles. The molecular weight excluding hydrogens is 166 g/mol. The minimum absolute atomic E-state index is 0.561. The van der Waals surface area contributed by atoms with Crippen LogP contribution in [0.15, 0.2) is 36.6 Å². The Kier molecular flexibility index (Phi) is 3.34. The van der Waals surface area contributed by atoms with E-state index in [0.29, 0.717) is 6.26 Å². The first-order valence-corrected chi connectivity index (χ1v) is 4.02. The molecule has 0 aliphatic rings. The minimum atomic E-state index is -0.916. The Morgan fingerprint density at radius 1 is 1.38 bits per heavy atom. The molecule has 3 heteroatoms. The van der Waals surface area contributed by atoms with E-state index in [1.807, 2.05) is 31.2 Å². The SMILES string of the molecule is Cc1ccc(NC(O)C=C[O-])cc1. The van der Waals surface area contributed by atoms with Crippen molar-refractivity contribution in [3.8, 4) is 0 Å². The Balaban J connectivity index is 2.59. The fourth-order valence-corrected chi connectivity index (χ4v) is 0.943. The number of anilines is 1. The Hall–Kier alpha value is -1.48. The molecule has 0 aliphatic heterocycles. The van der Waals surface area contributed by atoms with Crippen molar-refractivity contribution in [1.29, 1.82) is 0 Å². The molecule has 1 atom stereocenters. The Morgan fingerprint density at radius 2 is 2.00 bits per heavy atom. The van der Waals surface area contributed by atoms with E-state index in [9.17, 15) is 10.2 Å². The number of nitrogens with one attached hydrogen (secondary N) is 1.